The molecule has 4 nitrogen and oxygen atoms in total. The number of rotatable bonds is 4. The van der Waals surface area contributed by atoms with Gasteiger partial charge in [-0.15, -0.1) is 0 Å². The van der Waals surface area contributed by atoms with Crippen LogP contribution in [0, 0.1) is 0 Å². The van der Waals surface area contributed by atoms with Gasteiger partial charge in [-0.2, -0.15) is 0 Å². The average molecular weight is 206 g/mol. The quantitative estimate of drug-likeness (QED) is 0.648. The molecule has 15 heavy (non-hydrogen) atoms. The molecule has 0 fully saturated rings. The van der Waals surface area contributed by atoms with Gasteiger partial charge >= 0.3 is 5.97 Å². The third kappa shape index (κ3) is 3.11. The van der Waals surface area contributed by atoms with Gasteiger partial charge in [-0.1, -0.05) is 18.2 Å². The Morgan fingerprint density at radius 3 is 2.73 bits per heavy atom. The smallest absolute Gasteiger partial charge is 0.337 e. The maximum Gasteiger partial charge on any atom is 0.337 e. The first-order chi connectivity index (χ1) is 7.15. The van der Waals surface area contributed by atoms with Crippen molar-refractivity contribution >= 4 is 17.7 Å². The summed E-state index contributed by atoms with van der Waals surface area (Å²) in [4.78, 5) is 10.7. The first-order valence-electron chi connectivity index (χ1n) is 4.64. The first-order valence-corrected chi connectivity index (χ1v) is 4.64. The van der Waals surface area contributed by atoms with Gasteiger partial charge in [0.15, 0.2) is 0 Å². The van der Waals surface area contributed by atoms with Crippen LogP contribution in [0.2, 0.25) is 0 Å². The van der Waals surface area contributed by atoms with Gasteiger partial charge in [-0.05, 0) is 30.7 Å². The lowest BCUT2D eigenvalue weighted by molar-refractivity contribution is 0.0698. The van der Waals surface area contributed by atoms with E-state index in [1.165, 1.54) is 6.07 Å². The molecule has 1 aromatic rings. The number of hydrogen-bond acceptors (Lipinski definition) is 3. The molecule has 4 heteroatoms. The van der Waals surface area contributed by atoms with Crippen LogP contribution in [0.1, 0.15) is 22.3 Å². The Morgan fingerprint density at radius 1 is 1.47 bits per heavy atom. The number of benzene rings is 1. The van der Waals surface area contributed by atoms with E-state index in [0.29, 0.717) is 6.54 Å². The van der Waals surface area contributed by atoms with Crippen molar-refractivity contribution in [3.05, 3.63) is 35.4 Å². The van der Waals surface area contributed by atoms with Crippen molar-refractivity contribution in [1.29, 1.82) is 0 Å². The molecular weight excluding hydrogens is 192 g/mol. The Labute approximate surface area is 88.2 Å². The highest BCUT2D eigenvalue weighted by Gasteiger charge is 2.06. The van der Waals surface area contributed by atoms with Crippen molar-refractivity contribution in [1.82, 2.24) is 0 Å². The molecule has 0 unspecified atom stereocenters. The summed E-state index contributed by atoms with van der Waals surface area (Å²) in [5, 5.41) is 8.76. The monoisotopic (exact) mass is 206 g/mol. The van der Waals surface area contributed by atoms with Gasteiger partial charge in [0.1, 0.15) is 0 Å². The third-order valence-corrected chi connectivity index (χ3v) is 1.95. The van der Waals surface area contributed by atoms with Gasteiger partial charge in [-0.3, -0.25) is 0 Å². The minimum atomic E-state index is -1.01. The summed E-state index contributed by atoms with van der Waals surface area (Å²) < 4.78 is 0. The minimum absolute atomic E-state index is 0.131. The molecule has 0 aromatic heterocycles. The van der Waals surface area contributed by atoms with E-state index in [9.17, 15) is 4.79 Å². The molecule has 0 saturated heterocycles. The van der Waals surface area contributed by atoms with Crippen LogP contribution >= 0.6 is 0 Å². The van der Waals surface area contributed by atoms with Gasteiger partial charge in [0.2, 0.25) is 0 Å². The number of anilines is 1. The lowest BCUT2D eigenvalue weighted by atomic mass is 10.1. The van der Waals surface area contributed by atoms with Gasteiger partial charge in [0.05, 0.1) is 5.56 Å². The maximum atomic E-state index is 10.7. The van der Waals surface area contributed by atoms with Crippen LogP contribution in [0.25, 0.3) is 6.08 Å². The van der Waals surface area contributed by atoms with E-state index in [2.05, 4.69) is 0 Å². The molecule has 0 radical (unpaired) electrons. The van der Waals surface area contributed by atoms with Crippen LogP contribution in [0.3, 0.4) is 0 Å². The van der Waals surface area contributed by atoms with E-state index >= 15 is 0 Å². The lowest BCUT2D eigenvalue weighted by Crippen LogP contribution is -2.02. The molecule has 0 aliphatic rings. The van der Waals surface area contributed by atoms with E-state index in [1.54, 1.807) is 12.1 Å². The van der Waals surface area contributed by atoms with Crippen molar-refractivity contribution < 1.29 is 9.90 Å². The summed E-state index contributed by atoms with van der Waals surface area (Å²) in [5.74, 6) is -1.01. The highest BCUT2D eigenvalue weighted by molar-refractivity contribution is 5.94. The van der Waals surface area contributed by atoms with Crippen molar-refractivity contribution in [2.45, 2.75) is 6.42 Å². The summed E-state index contributed by atoms with van der Waals surface area (Å²) >= 11 is 0. The van der Waals surface area contributed by atoms with Crippen molar-refractivity contribution in [2.75, 3.05) is 12.3 Å². The second kappa shape index (κ2) is 5.17. The van der Waals surface area contributed by atoms with Gasteiger partial charge < -0.3 is 16.6 Å². The molecule has 0 bridgehead atoms. The zero-order valence-electron chi connectivity index (χ0n) is 8.31. The highest BCUT2D eigenvalue weighted by Crippen LogP contribution is 2.15. The molecule has 0 amide bonds. The summed E-state index contributed by atoms with van der Waals surface area (Å²) in [6.07, 6.45) is 4.59. The van der Waals surface area contributed by atoms with Crippen LogP contribution < -0.4 is 11.5 Å². The number of nitrogens with two attached hydrogens (primary N) is 2. The van der Waals surface area contributed by atoms with Crippen LogP contribution in [0.15, 0.2) is 24.3 Å². The maximum absolute atomic E-state index is 10.7. The fourth-order valence-corrected chi connectivity index (χ4v) is 1.20. The van der Waals surface area contributed by atoms with Gasteiger partial charge in [-0.25, -0.2) is 4.79 Å². The average Bonchev–Trinajstić information content (AvgIpc) is 2.17. The van der Waals surface area contributed by atoms with E-state index in [1.807, 2.05) is 12.2 Å². The SMILES string of the molecule is NCCC=Cc1ccc(C(=O)O)c(N)c1. The molecule has 1 aromatic carbocycles. The van der Waals surface area contributed by atoms with Crippen molar-refractivity contribution in [3.63, 3.8) is 0 Å². The lowest BCUT2D eigenvalue weighted by Gasteiger charge is -2.01. The van der Waals surface area contributed by atoms with E-state index in [0.717, 1.165) is 12.0 Å². The molecule has 0 aliphatic heterocycles. The third-order valence-electron chi connectivity index (χ3n) is 1.95. The molecule has 0 spiro atoms. The number of hydrogen-bond donors (Lipinski definition) is 3. The van der Waals surface area contributed by atoms with Gasteiger partial charge in [0.25, 0.3) is 0 Å². The summed E-state index contributed by atoms with van der Waals surface area (Å²) in [5.41, 5.74) is 12.2. The minimum Gasteiger partial charge on any atom is -0.478 e. The van der Waals surface area contributed by atoms with Gasteiger partial charge in [0, 0.05) is 5.69 Å². The number of carbonyl (C=O) groups is 1. The molecule has 0 atom stereocenters. The first kappa shape index (κ1) is 11.3. The fraction of sp³-hybridized carbons (Fsp3) is 0.182. The zero-order chi connectivity index (χ0) is 11.3. The second-order valence-corrected chi connectivity index (χ2v) is 3.13. The molecule has 5 N–H and O–H groups in total. The zero-order valence-corrected chi connectivity index (χ0v) is 8.31. The Kier molecular flexibility index (Phi) is 3.88. The van der Waals surface area contributed by atoms with Crippen molar-refractivity contribution in [3.8, 4) is 0 Å². The Balaban J connectivity index is 2.87. The largest absolute Gasteiger partial charge is 0.478 e. The van der Waals surface area contributed by atoms with E-state index < -0.39 is 5.97 Å². The molecule has 80 valence electrons. The number of carboxylic acids is 1. The summed E-state index contributed by atoms with van der Waals surface area (Å²) in [7, 11) is 0. The standard InChI is InChI=1S/C11H14N2O2/c12-6-2-1-3-8-4-5-9(11(14)15)10(13)7-8/h1,3-5,7H,2,6,12-13H2,(H,14,15). The molecule has 1 rings (SSSR count). The van der Waals surface area contributed by atoms with Crippen LogP contribution in [-0.2, 0) is 0 Å². The number of aromatic carboxylic acids is 1. The predicted molar refractivity (Wildman–Crippen MR) is 60.5 cm³/mol. The van der Waals surface area contributed by atoms with Crippen molar-refractivity contribution in [2.24, 2.45) is 5.73 Å². The van der Waals surface area contributed by atoms with Crippen LogP contribution in [0.4, 0.5) is 5.69 Å². The van der Waals surface area contributed by atoms with Crippen LogP contribution in [-0.4, -0.2) is 17.6 Å². The number of nitrogen functional groups attached to an aromatic ring is 1. The molecule has 0 heterocycles. The number of carboxylic acid groups (broad SMARTS) is 1. The summed E-state index contributed by atoms with van der Waals surface area (Å²) in [6.45, 7) is 0.596. The Bertz CT molecular complexity index is 386. The second-order valence-electron chi connectivity index (χ2n) is 3.13. The Hall–Kier alpha value is -1.81. The normalized spacial score (nSPS) is 10.7. The molecule has 0 aliphatic carbocycles. The molecule has 0 saturated carbocycles. The van der Waals surface area contributed by atoms with E-state index in [4.69, 9.17) is 16.6 Å². The Morgan fingerprint density at radius 2 is 2.20 bits per heavy atom. The summed E-state index contributed by atoms with van der Waals surface area (Å²) in [6, 6.07) is 4.85. The van der Waals surface area contributed by atoms with E-state index in [-0.39, 0.29) is 11.3 Å². The topological polar surface area (TPSA) is 89.3 Å². The fourth-order valence-electron chi connectivity index (χ4n) is 1.20. The highest BCUT2D eigenvalue weighted by atomic mass is 16.4. The van der Waals surface area contributed by atoms with Crippen LogP contribution in [0.5, 0.6) is 0 Å². The predicted octanol–water partition coefficient (Wildman–Crippen LogP) is 1.33. The molecular formula is C11H14N2O2.